The maximum absolute atomic E-state index is 12.5. The summed E-state index contributed by atoms with van der Waals surface area (Å²) in [7, 11) is 0. The fourth-order valence-corrected chi connectivity index (χ4v) is 4.12. The van der Waals surface area contributed by atoms with Crippen LogP contribution in [-0.2, 0) is 4.79 Å². The molecule has 5 unspecified atom stereocenters. The first-order valence-corrected chi connectivity index (χ1v) is 7.39. The lowest BCUT2D eigenvalue weighted by Gasteiger charge is -2.31. The van der Waals surface area contributed by atoms with Gasteiger partial charge in [-0.25, -0.2) is 0 Å². The molecule has 1 saturated heterocycles. The molecule has 2 aliphatic carbocycles. The third-order valence-electron chi connectivity index (χ3n) is 5.27. The van der Waals surface area contributed by atoms with Crippen LogP contribution in [0.4, 0.5) is 0 Å². The molecular weight excluding hydrogens is 228 g/mol. The first kappa shape index (κ1) is 12.4. The highest BCUT2D eigenvalue weighted by molar-refractivity contribution is 5.80. The third kappa shape index (κ3) is 2.05. The van der Waals surface area contributed by atoms with Gasteiger partial charge in [0.2, 0.25) is 5.91 Å². The molecule has 102 valence electrons. The minimum absolute atomic E-state index is 0.0368. The van der Waals surface area contributed by atoms with E-state index in [4.69, 9.17) is 5.73 Å². The number of aliphatic hydroxyl groups excluding tert-OH is 1. The van der Waals surface area contributed by atoms with Gasteiger partial charge < -0.3 is 15.7 Å². The third-order valence-corrected chi connectivity index (χ3v) is 5.27. The number of hydrogen-bond donors (Lipinski definition) is 2. The fourth-order valence-electron chi connectivity index (χ4n) is 4.12. The fraction of sp³-hybridized carbons (Fsp3) is 0.929. The number of fused-ring (bicyclic) bond motifs is 1. The first-order chi connectivity index (χ1) is 8.66. The SMILES string of the molecule is NC1CCCCC1C(=O)N1CC2CCC(O)C2C1. The van der Waals surface area contributed by atoms with Crippen molar-refractivity contribution in [3.05, 3.63) is 0 Å². The molecule has 0 radical (unpaired) electrons. The van der Waals surface area contributed by atoms with Crippen LogP contribution in [0.15, 0.2) is 0 Å². The lowest BCUT2D eigenvalue weighted by Crippen LogP contribution is -2.45. The predicted octanol–water partition coefficient (Wildman–Crippen LogP) is 0.733. The smallest absolute Gasteiger partial charge is 0.227 e. The van der Waals surface area contributed by atoms with Crippen molar-refractivity contribution in [2.75, 3.05) is 13.1 Å². The Morgan fingerprint density at radius 2 is 1.89 bits per heavy atom. The van der Waals surface area contributed by atoms with Crippen LogP contribution in [0.3, 0.4) is 0 Å². The topological polar surface area (TPSA) is 66.6 Å². The second kappa shape index (κ2) is 4.82. The Morgan fingerprint density at radius 3 is 2.61 bits per heavy atom. The van der Waals surface area contributed by atoms with Gasteiger partial charge in [0.25, 0.3) is 0 Å². The van der Waals surface area contributed by atoms with Crippen molar-refractivity contribution in [2.24, 2.45) is 23.5 Å². The number of carbonyl (C=O) groups excluding carboxylic acids is 1. The number of carbonyl (C=O) groups is 1. The van der Waals surface area contributed by atoms with Crippen LogP contribution in [0.25, 0.3) is 0 Å². The minimum Gasteiger partial charge on any atom is -0.393 e. The Bertz CT molecular complexity index is 334. The molecule has 3 rings (SSSR count). The number of nitrogens with zero attached hydrogens (tertiary/aromatic N) is 1. The van der Waals surface area contributed by atoms with E-state index in [2.05, 4.69) is 0 Å². The quantitative estimate of drug-likeness (QED) is 0.723. The summed E-state index contributed by atoms with van der Waals surface area (Å²) >= 11 is 0. The van der Waals surface area contributed by atoms with Crippen molar-refractivity contribution in [1.82, 2.24) is 4.90 Å². The highest BCUT2D eigenvalue weighted by atomic mass is 16.3. The van der Waals surface area contributed by atoms with Crippen molar-refractivity contribution in [1.29, 1.82) is 0 Å². The van der Waals surface area contributed by atoms with Gasteiger partial charge in [0.15, 0.2) is 0 Å². The first-order valence-electron chi connectivity index (χ1n) is 7.39. The van der Waals surface area contributed by atoms with Crippen molar-refractivity contribution >= 4 is 5.91 Å². The maximum Gasteiger partial charge on any atom is 0.227 e. The zero-order valence-corrected chi connectivity index (χ0v) is 10.9. The van der Waals surface area contributed by atoms with Crippen LogP contribution in [0.1, 0.15) is 38.5 Å². The van der Waals surface area contributed by atoms with E-state index >= 15 is 0 Å². The van der Waals surface area contributed by atoms with Crippen LogP contribution >= 0.6 is 0 Å². The number of aliphatic hydroxyl groups is 1. The van der Waals surface area contributed by atoms with E-state index in [1.807, 2.05) is 4.90 Å². The summed E-state index contributed by atoms with van der Waals surface area (Å²) in [6, 6.07) is 0.0524. The molecule has 5 atom stereocenters. The highest BCUT2D eigenvalue weighted by Gasteiger charge is 2.45. The summed E-state index contributed by atoms with van der Waals surface area (Å²) in [5.74, 6) is 1.15. The largest absolute Gasteiger partial charge is 0.393 e. The van der Waals surface area contributed by atoms with Gasteiger partial charge in [0, 0.05) is 25.0 Å². The number of amides is 1. The molecule has 0 aromatic carbocycles. The van der Waals surface area contributed by atoms with Gasteiger partial charge in [-0.05, 0) is 31.6 Å². The molecule has 1 aliphatic heterocycles. The molecule has 3 aliphatic rings. The maximum atomic E-state index is 12.5. The monoisotopic (exact) mass is 252 g/mol. The average Bonchev–Trinajstić information content (AvgIpc) is 2.92. The Hall–Kier alpha value is -0.610. The van der Waals surface area contributed by atoms with Gasteiger partial charge in [0.1, 0.15) is 0 Å². The standard InChI is InChI=1S/C14H24N2O2/c15-12-4-2-1-3-10(12)14(18)16-7-9-5-6-13(17)11(9)8-16/h9-13,17H,1-8,15H2. The van der Waals surface area contributed by atoms with E-state index in [9.17, 15) is 9.90 Å². The van der Waals surface area contributed by atoms with Crippen molar-refractivity contribution in [3.8, 4) is 0 Å². The van der Waals surface area contributed by atoms with E-state index < -0.39 is 0 Å². The molecule has 0 spiro atoms. The van der Waals surface area contributed by atoms with Gasteiger partial charge in [-0.1, -0.05) is 12.8 Å². The lowest BCUT2D eigenvalue weighted by atomic mass is 9.84. The second-order valence-corrected chi connectivity index (χ2v) is 6.37. The number of rotatable bonds is 1. The predicted molar refractivity (Wildman–Crippen MR) is 68.7 cm³/mol. The summed E-state index contributed by atoms with van der Waals surface area (Å²) in [5, 5.41) is 9.90. The van der Waals surface area contributed by atoms with Gasteiger partial charge >= 0.3 is 0 Å². The van der Waals surface area contributed by atoms with Crippen molar-refractivity contribution in [3.63, 3.8) is 0 Å². The average molecular weight is 252 g/mol. The van der Waals surface area contributed by atoms with Crippen LogP contribution in [0.2, 0.25) is 0 Å². The Morgan fingerprint density at radius 1 is 1.11 bits per heavy atom. The zero-order valence-electron chi connectivity index (χ0n) is 10.9. The van der Waals surface area contributed by atoms with E-state index in [0.717, 1.165) is 51.6 Å². The molecule has 3 N–H and O–H groups in total. The van der Waals surface area contributed by atoms with Crippen LogP contribution in [0, 0.1) is 17.8 Å². The van der Waals surface area contributed by atoms with Gasteiger partial charge in [-0.3, -0.25) is 4.79 Å². The molecule has 1 heterocycles. The molecule has 2 saturated carbocycles. The van der Waals surface area contributed by atoms with Crippen LogP contribution < -0.4 is 5.73 Å². The molecule has 0 bridgehead atoms. The summed E-state index contributed by atoms with van der Waals surface area (Å²) < 4.78 is 0. The summed E-state index contributed by atoms with van der Waals surface area (Å²) in [6.07, 6.45) is 6.04. The summed E-state index contributed by atoms with van der Waals surface area (Å²) in [4.78, 5) is 14.5. The second-order valence-electron chi connectivity index (χ2n) is 6.37. The number of likely N-dealkylation sites (tertiary alicyclic amines) is 1. The molecule has 1 amide bonds. The summed E-state index contributed by atoms with van der Waals surface area (Å²) in [5.41, 5.74) is 6.09. The van der Waals surface area contributed by atoms with Gasteiger partial charge in [-0.2, -0.15) is 0 Å². The van der Waals surface area contributed by atoms with E-state index in [0.29, 0.717) is 11.8 Å². The molecule has 3 fully saturated rings. The minimum atomic E-state index is -0.187. The molecule has 18 heavy (non-hydrogen) atoms. The Balaban J connectivity index is 1.64. The molecule has 0 aromatic rings. The summed E-state index contributed by atoms with van der Waals surface area (Å²) in [6.45, 7) is 1.61. The zero-order chi connectivity index (χ0) is 12.7. The van der Waals surface area contributed by atoms with Crippen molar-refractivity contribution < 1.29 is 9.90 Å². The molecule has 4 heteroatoms. The van der Waals surface area contributed by atoms with E-state index in [-0.39, 0.29) is 24.0 Å². The normalized spacial score (nSPS) is 44.1. The Kier molecular flexibility index (Phi) is 3.32. The lowest BCUT2D eigenvalue weighted by molar-refractivity contribution is -0.136. The van der Waals surface area contributed by atoms with Crippen LogP contribution in [-0.4, -0.2) is 41.1 Å². The Labute approximate surface area is 109 Å². The molecule has 0 aromatic heterocycles. The number of nitrogens with two attached hydrogens (primary N) is 1. The molecule has 4 nitrogen and oxygen atoms in total. The van der Waals surface area contributed by atoms with Crippen molar-refractivity contribution in [2.45, 2.75) is 50.7 Å². The van der Waals surface area contributed by atoms with Gasteiger partial charge in [-0.15, -0.1) is 0 Å². The van der Waals surface area contributed by atoms with E-state index in [1.54, 1.807) is 0 Å². The highest BCUT2D eigenvalue weighted by Crippen LogP contribution is 2.39. The van der Waals surface area contributed by atoms with Crippen LogP contribution in [0.5, 0.6) is 0 Å². The van der Waals surface area contributed by atoms with E-state index in [1.165, 1.54) is 0 Å². The van der Waals surface area contributed by atoms with Gasteiger partial charge in [0.05, 0.1) is 12.0 Å². The molecular formula is C14H24N2O2. The number of hydrogen-bond acceptors (Lipinski definition) is 3.